The molecule has 2 amide bonds. The number of aliphatic hydroxyl groups is 36. The maximum atomic E-state index is 13.1. The third-order valence-corrected chi connectivity index (χ3v) is 25.9. The van der Waals surface area contributed by atoms with Crippen LogP contribution in [0.25, 0.3) is 0 Å². The molecule has 12 fully saturated rings. The van der Waals surface area contributed by atoms with Gasteiger partial charge in [0, 0.05) is 13.8 Å². The van der Waals surface area contributed by atoms with Crippen LogP contribution in [0.3, 0.4) is 0 Å². The molecule has 0 aromatic rings. The van der Waals surface area contributed by atoms with Gasteiger partial charge in [0.05, 0.1) is 79.3 Å². The van der Waals surface area contributed by atoms with Gasteiger partial charge in [-0.25, -0.2) is 0 Å². The van der Waals surface area contributed by atoms with Gasteiger partial charge in [0.15, 0.2) is 75.5 Å². The van der Waals surface area contributed by atoms with Crippen molar-refractivity contribution >= 4 is 11.8 Å². The molecule has 12 saturated heterocycles. The Balaban J connectivity index is 0.849. The van der Waals surface area contributed by atoms with Crippen molar-refractivity contribution < 1.29 is 302 Å². The lowest BCUT2D eigenvalue weighted by Gasteiger charge is -2.51. The molecule has 12 aliphatic heterocycles. The van der Waals surface area contributed by atoms with Crippen LogP contribution in [-0.2, 0) is 119 Å². The highest BCUT2D eigenvalue weighted by Gasteiger charge is 2.64. The SMILES string of the molecule is CC(=O)N[C@H]1[C@H](O[C@H]2[C@H](O)[C@H](NC(C)=O)C(O)O[C@@H]2CO)O[C@H](CO)[C@@H](O[C@@H]2O[C@H](CO[C@H]3O[C@H](CO[C@H]4O[C@H](CO)[C@@H](O)[C@H](O)[C@@H]4O)[C@@H](O)[C@H](O[C@H]4O[C@H](CO)[C@@H](O)[C@H](O)[C@@H]4O)[C@@H]3O)[C@@H](O)[C@H](O[C@H]3O[C@H](CO)[C@@H](O)[C@H](O)[C@@H]3O[C@H]3O[C@H](CO)[C@@H](O)[C@H](O)[C@@H]3O[C@H]3O[C@H](CO)[C@@H](O)[C@H](O[C@H]4O[C@H](CO)[C@@H](O)[C@H](O[C@H]5O[C@H](CO)[C@@H](O)[C@H](O)[C@H]5O[C@H]5O[C@H](CO)[C@@H](O)[C@H](O)[C@H]5O)[C@H]4O)[C@@H]3O)[C@@H]2O)[C@@H]1O. The van der Waals surface area contributed by atoms with Crippen LogP contribution in [0.1, 0.15) is 13.8 Å². The van der Waals surface area contributed by atoms with Crippen LogP contribution < -0.4 is 10.6 Å². The number of nitrogens with one attached hydrogen (secondary N) is 2. The van der Waals surface area contributed by atoms with E-state index in [1.807, 2.05) is 0 Å². The van der Waals surface area contributed by atoms with Crippen molar-refractivity contribution in [2.24, 2.45) is 0 Å². The first kappa shape index (κ1) is 114. The fourth-order valence-corrected chi connectivity index (χ4v) is 18.0. The molecule has 38 N–H and O–H groups in total. The van der Waals surface area contributed by atoms with Gasteiger partial charge >= 0.3 is 0 Å². The maximum Gasteiger partial charge on any atom is 0.217 e. The average Bonchev–Trinajstić information content (AvgIpc) is 0.761. The van der Waals surface area contributed by atoms with E-state index < -0.39 is 459 Å². The summed E-state index contributed by atoms with van der Waals surface area (Å²) in [5.74, 6) is -1.83. The largest absolute Gasteiger partial charge is 0.394 e. The summed E-state index contributed by atoms with van der Waals surface area (Å²) in [6, 6.07) is -3.71. The molecule has 0 bridgehead atoms. The first-order chi connectivity index (χ1) is 65.9. The third-order valence-electron chi connectivity index (χ3n) is 25.9. The fraction of sp³-hybridized carbons (Fsp3) is 0.974. The Hall–Kier alpha value is -3.42. The number of carbonyl (C=O) groups is 2. The Kier molecular flexibility index (Phi) is 41.0. The smallest absolute Gasteiger partial charge is 0.217 e. The number of ether oxygens (including phenoxy) is 23. The topological polar surface area (TPSA) is 999 Å². The monoisotopic (exact) mass is 2040 g/mol. The molecular weight excluding hydrogens is 1920 g/mol. The zero-order chi connectivity index (χ0) is 102. The Morgan fingerprint density at radius 2 is 0.388 bits per heavy atom. The van der Waals surface area contributed by atoms with Gasteiger partial charge in [-0.05, 0) is 0 Å². The summed E-state index contributed by atoms with van der Waals surface area (Å²) in [7, 11) is 0. The van der Waals surface area contributed by atoms with Gasteiger partial charge in [-0.1, -0.05) is 0 Å². The summed E-state index contributed by atoms with van der Waals surface area (Å²) < 4.78 is 135. The van der Waals surface area contributed by atoms with Crippen molar-refractivity contribution in [1.82, 2.24) is 10.6 Å². The van der Waals surface area contributed by atoms with E-state index in [9.17, 15) is 193 Å². The predicted molar refractivity (Wildman–Crippen MR) is 418 cm³/mol. The average molecular weight is 2050 g/mol. The highest BCUT2D eigenvalue weighted by Crippen LogP contribution is 2.43. The minimum absolute atomic E-state index is 0.828. The molecule has 0 aromatic carbocycles. The van der Waals surface area contributed by atoms with E-state index in [2.05, 4.69) is 10.6 Å². The van der Waals surface area contributed by atoms with Crippen molar-refractivity contribution in [3.05, 3.63) is 0 Å². The molecular formula is C76H128N2O61. The summed E-state index contributed by atoms with van der Waals surface area (Å²) in [4.78, 5) is 25.4. The van der Waals surface area contributed by atoms with Crippen molar-refractivity contribution in [1.29, 1.82) is 0 Å². The first-order valence-electron chi connectivity index (χ1n) is 44.2. The summed E-state index contributed by atoms with van der Waals surface area (Å²) in [6.07, 6.45) is -129. The molecule has 139 heavy (non-hydrogen) atoms. The normalized spacial score (nSPS) is 51.9. The number of amides is 2. The highest BCUT2D eigenvalue weighted by atomic mass is 16.8. The molecule has 0 spiro atoms. The van der Waals surface area contributed by atoms with Crippen LogP contribution in [0.2, 0.25) is 0 Å². The van der Waals surface area contributed by atoms with E-state index in [0.717, 1.165) is 13.8 Å². The van der Waals surface area contributed by atoms with E-state index in [4.69, 9.17) is 109 Å². The zero-order valence-corrected chi connectivity index (χ0v) is 73.4. The molecule has 63 heteroatoms. The van der Waals surface area contributed by atoms with Gasteiger partial charge in [-0.3, -0.25) is 9.59 Å². The van der Waals surface area contributed by atoms with Crippen LogP contribution >= 0.6 is 0 Å². The van der Waals surface area contributed by atoms with Gasteiger partial charge in [0.1, 0.15) is 293 Å². The number of aliphatic hydroxyl groups excluding tert-OH is 36. The summed E-state index contributed by atoms with van der Waals surface area (Å²) in [5.41, 5.74) is 0. The van der Waals surface area contributed by atoms with E-state index in [-0.39, 0.29) is 0 Å². The number of rotatable bonds is 36. The van der Waals surface area contributed by atoms with E-state index >= 15 is 0 Å². The predicted octanol–water partition coefficient (Wildman–Crippen LogP) is -26.9. The standard InChI is InChI=1S/C76H128N2O61/c1-15(89)77-29-41(101)56(25(11-87)119-65(29)116)131-66-30(78-16(2)90)42(102)57(26(12-88)128-66)132-73-55(115)61(40(100)28(130-73)14-118-68-52(112)60(133-69-50(110)44(104)32(92)18(4-80)121-69)39(99)27(129-68)13-117-67-49(109)43(103)31(91)17(3-79)120-67)136-75-64(48(108)36(96)21(7-83)126-75)139-76-63(47(107)35(95)22(8-84)127-76)138-72-53(113)58(37(97)23(9-85)124-72)134-71-54(114)59(38(98)24(10-86)123-71)135-74-62(46(106)34(94)20(6-82)125-74)137-70-51(111)45(105)33(93)19(5-81)122-70/h17-76,79-88,91-116H,3-14H2,1-2H3,(H,77,89)(H,78,90)/t17-,18-,19-,20-,21-,22-,23-,24-,25-,26-,27-,28-,29+,30-,31-,32-,33-,34-,35-,36-,37-,38-,39-,40-,41-,42-,43+,44+,45+,46+,47+,48+,49+,50+,51-,52+,53+,54-,55+,56-,57-,58+,59+,60+,61+,62-,63+,64+,65?,66+,67+,68+,69-,70-,71-,72-,73+,74-,75-,76-/m1/s1. The van der Waals surface area contributed by atoms with Crippen LogP contribution in [0, 0.1) is 0 Å². The minimum Gasteiger partial charge on any atom is -0.394 e. The second-order valence-electron chi connectivity index (χ2n) is 35.2. The Bertz CT molecular complexity index is 3730. The molecule has 63 nitrogen and oxygen atoms in total. The van der Waals surface area contributed by atoms with Crippen LogP contribution in [0.15, 0.2) is 0 Å². The minimum atomic E-state index is -2.71. The van der Waals surface area contributed by atoms with Crippen LogP contribution in [0.4, 0.5) is 0 Å². The lowest BCUT2D eigenvalue weighted by molar-refractivity contribution is -0.413. The molecule has 1 unspecified atom stereocenters. The van der Waals surface area contributed by atoms with Gasteiger partial charge in [-0.15, -0.1) is 0 Å². The molecule has 12 aliphatic rings. The zero-order valence-electron chi connectivity index (χ0n) is 73.4. The summed E-state index contributed by atoms with van der Waals surface area (Å²) >= 11 is 0. The van der Waals surface area contributed by atoms with Gasteiger partial charge in [0.2, 0.25) is 11.8 Å². The summed E-state index contributed by atoms with van der Waals surface area (Å²) in [6.45, 7) is -12.1. The summed E-state index contributed by atoms with van der Waals surface area (Å²) in [5, 5.41) is 407. The van der Waals surface area contributed by atoms with Gasteiger partial charge in [-0.2, -0.15) is 0 Å². The molecule has 12 rings (SSSR count). The highest BCUT2D eigenvalue weighted by molar-refractivity contribution is 5.73. The third kappa shape index (κ3) is 24.5. The molecule has 60 atom stereocenters. The number of hydrogen-bond donors (Lipinski definition) is 38. The fourth-order valence-electron chi connectivity index (χ4n) is 18.0. The van der Waals surface area contributed by atoms with E-state index in [1.54, 1.807) is 0 Å². The Labute approximate surface area is 784 Å². The number of hydrogen-bond acceptors (Lipinski definition) is 61. The lowest BCUT2D eigenvalue weighted by Crippen LogP contribution is -2.70. The molecule has 0 aliphatic carbocycles. The Morgan fingerprint density at radius 1 is 0.187 bits per heavy atom. The molecule has 0 saturated carbocycles. The molecule has 0 radical (unpaired) electrons. The van der Waals surface area contributed by atoms with Crippen LogP contribution in [-0.4, -0.2) is 643 Å². The second-order valence-corrected chi connectivity index (χ2v) is 35.2. The lowest BCUT2D eigenvalue weighted by atomic mass is 9.94. The van der Waals surface area contributed by atoms with Crippen molar-refractivity contribution in [3.8, 4) is 0 Å². The first-order valence-corrected chi connectivity index (χ1v) is 44.2. The molecule has 808 valence electrons. The molecule has 0 aromatic heterocycles. The Morgan fingerprint density at radius 3 is 0.719 bits per heavy atom. The van der Waals surface area contributed by atoms with Gasteiger partial charge < -0.3 is 303 Å². The maximum absolute atomic E-state index is 13.1. The molecule has 12 heterocycles. The van der Waals surface area contributed by atoms with Crippen molar-refractivity contribution in [2.45, 2.75) is 382 Å². The van der Waals surface area contributed by atoms with E-state index in [1.165, 1.54) is 0 Å². The van der Waals surface area contributed by atoms with E-state index in [0.29, 0.717) is 0 Å². The second kappa shape index (κ2) is 49.8. The quantitative estimate of drug-likeness (QED) is 0.0277. The van der Waals surface area contributed by atoms with Crippen molar-refractivity contribution in [3.63, 3.8) is 0 Å². The van der Waals surface area contributed by atoms with Gasteiger partial charge in [0.25, 0.3) is 0 Å². The van der Waals surface area contributed by atoms with Crippen molar-refractivity contribution in [2.75, 3.05) is 79.3 Å². The van der Waals surface area contributed by atoms with Crippen LogP contribution in [0.5, 0.6) is 0 Å². The number of carbonyl (C=O) groups excluding carboxylic acids is 2.